The summed E-state index contributed by atoms with van der Waals surface area (Å²) in [6, 6.07) is 23.2. The van der Waals surface area contributed by atoms with E-state index in [1.54, 1.807) is 6.07 Å². The van der Waals surface area contributed by atoms with Crippen LogP contribution in [0, 0.1) is 0 Å². The van der Waals surface area contributed by atoms with E-state index in [4.69, 9.17) is 21.4 Å². The van der Waals surface area contributed by atoms with Crippen molar-refractivity contribution in [1.82, 2.24) is 0 Å². The lowest BCUT2D eigenvalue weighted by atomic mass is 10.0. The number of halogens is 1. The van der Waals surface area contributed by atoms with Crippen LogP contribution in [0.3, 0.4) is 0 Å². The Morgan fingerprint density at radius 3 is 2.20 bits per heavy atom. The number of rotatable bonds is 6. The smallest absolute Gasteiger partial charge is 0.307 e. The van der Waals surface area contributed by atoms with Crippen molar-refractivity contribution in [3.05, 3.63) is 88.9 Å². The number of ether oxygens (including phenoxy) is 1. The molecule has 0 saturated carbocycles. The Morgan fingerprint density at radius 1 is 0.920 bits per heavy atom. The maximum Gasteiger partial charge on any atom is 0.307 e. The SMILES string of the molecule is O=C(O)Cc1cc(-c2ccccc2)cc(OCc2ccccc2)c1Cl. The molecule has 0 aromatic heterocycles. The van der Waals surface area contributed by atoms with Gasteiger partial charge in [0.05, 0.1) is 11.4 Å². The van der Waals surface area contributed by atoms with Crippen molar-refractivity contribution in [2.75, 3.05) is 0 Å². The van der Waals surface area contributed by atoms with Gasteiger partial charge in [-0.1, -0.05) is 72.3 Å². The number of carboxylic acids is 1. The van der Waals surface area contributed by atoms with E-state index in [1.807, 2.05) is 66.7 Å². The number of hydrogen-bond acceptors (Lipinski definition) is 2. The first-order valence-electron chi connectivity index (χ1n) is 7.90. The Morgan fingerprint density at radius 2 is 1.56 bits per heavy atom. The lowest BCUT2D eigenvalue weighted by Gasteiger charge is -2.14. The Labute approximate surface area is 151 Å². The van der Waals surface area contributed by atoms with Crippen LogP contribution in [0.4, 0.5) is 0 Å². The van der Waals surface area contributed by atoms with E-state index in [2.05, 4.69) is 0 Å². The first-order valence-corrected chi connectivity index (χ1v) is 8.27. The van der Waals surface area contributed by atoms with E-state index in [0.717, 1.165) is 16.7 Å². The number of carboxylic acid groups (broad SMARTS) is 1. The summed E-state index contributed by atoms with van der Waals surface area (Å²) in [4.78, 5) is 11.2. The second-order valence-corrected chi connectivity index (χ2v) is 6.04. The van der Waals surface area contributed by atoms with Crippen LogP contribution < -0.4 is 4.74 Å². The fourth-order valence-corrected chi connectivity index (χ4v) is 2.82. The van der Waals surface area contributed by atoms with Crippen LogP contribution in [0.5, 0.6) is 5.75 Å². The van der Waals surface area contributed by atoms with E-state index in [9.17, 15) is 4.79 Å². The highest BCUT2D eigenvalue weighted by atomic mass is 35.5. The predicted molar refractivity (Wildman–Crippen MR) is 99.0 cm³/mol. The zero-order valence-electron chi connectivity index (χ0n) is 13.5. The molecule has 126 valence electrons. The van der Waals surface area contributed by atoms with E-state index in [1.165, 1.54) is 0 Å². The summed E-state index contributed by atoms with van der Waals surface area (Å²) >= 11 is 6.39. The van der Waals surface area contributed by atoms with Gasteiger partial charge in [0.25, 0.3) is 0 Å². The largest absolute Gasteiger partial charge is 0.487 e. The summed E-state index contributed by atoms with van der Waals surface area (Å²) in [5, 5.41) is 9.50. The maximum absolute atomic E-state index is 11.2. The molecule has 3 aromatic rings. The van der Waals surface area contributed by atoms with Crippen molar-refractivity contribution in [2.45, 2.75) is 13.0 Å². The molecule has 0 atom stereocenters. The van der Waals surface area contributed by atoms with E-state index >= 15 is 0 Å². The number of hydrogen-bond donors (Lipinski definition) is 1. The van der Waals surface area contributed by atoms with Gasteiger partial charge < -0.3 is 9.84 Å². The van der Waals surface area contributed by atoms with Crippen molar-refractivity contribution in [1.29, 1.82) is 0 Å². The van der Waals surface area contributed by atoms with Gasteiger partial charge >= 0.3 is 5.97 Å². The Hall–Kier alpha value is -2.78. The zero-order chi connectivity index (χ0) is 17.6. The fourth-order valence-electron chi connectivity index (χ4n) is 2.58. The molecule has 0 fully saturated rings. The molecule has 3 nitrogen and oxygen atoms in total. The summed E-state index contributed by atoms with van der Waals surface area (Å²) in [6.45, 7) is 0.366. The molecule has 4 heteroatoms. The Balaban J connectivity index is 1.96. The van der Waals surface area contributed by atoms with Gasteiger partial charge in [-0.3, -0.25) is 4.79 Å². The van der Waals surface area contributed by atoms with Gasteiger partial charge in [0.15, 0.2) is 0 Å². The molecule has 0 spiro atoms. The van der Waals surface area contributed by atoms with Crippen LogP contribution in [-0.2, 0) is 17.8 Å². The quantitative estimate of drug-likeness (QED) is 0.662. The third-order valence-corrected chi connectivity index (χ3v) is 4.23. The highest BCUT2D eigenvalue weighted by Gasteiger charge is 2.14. The molecule has 0 unspecified atom stereocenters. The van der Waals surface area contributed by atoms with Crippen LogP contribution in [-0.4, -0.2) is 11.1 Å². The van der Waals surface area contributed by atoms with Crippen LogP contribution in [0.1, 0.15) is 11.1 Å². The monoisotopic (exact) mass is 352 g/mol. The van der Waals surface area contributed by atoms with Gasteiger partial charge in [-0.15, -0.1) is 0 Å². The van der Waals surface area contributed by atoms with Crippen molar-refractivity contribution >= 4 is 17.6 Å². The Kier molecular flexibility index (Phi) is 5.36. The summed E-state index contributed by atoms with van der Waals surface area (Å²) in [5.41, 5.74) is 3.42. The molecule has 0 heterocycles. The molecular weight excluding hydrogens is 336 g/mol. The molecule has 0 bridgehead atoms. The highest BCUT2D eigenvalue weighted by molar-refractivity contribution is 6.33. The third-order valence-electron chi connectivity index (χ3n) is 3.80. The minimum Gasteiger partial charge on any atom is -0.487 e. The lowest BCUT2D eigenvalue weighted by molar-refractivity contribution is -0.136. The molecular formula is C21H17ClO3. The molecule has 0 saturated heterocycles. The standard InChI is InChI=1S/C21H17ClO3/c22-21-18(13-20(23)24)11-17(16-9-5-2-6-10-16)12-19(21)25-14-15-7-3-1-4-8-15/h1-12H,13-14H2,(H,23,24). The zero-order valence-corrected chi connectivity index (χ0v) is 14.2. The van der Waals surface area contributed by atoms with Gasteiger partial charge in [-0.05, 0) is 34.4 Å². The topological polar surface area (TPSA) is 46.5 Å². The number of carbonyl (C=O) groups is 1. The van der Waals surface area contributed by atoms with Crippen LogP contribution in [0.15, 0.2) is 72.8 Å². The lowest BCUT2D eigenvalue weighted by Crippen LogP contribution is -2.03. The fraction of sp³-hybridized carbons (Fsp3) is 0.0952. The molecule has 0 radical (unpaired) electrons. The maximum atomic E-state index is 11.2. The first-order chi connectivity index (χ1) is 12.1. The number of benzene rings is 3. The van der Waals surface area contributed by atoms with Gasteiger partial charge in [0.1, 0.15) is 12.4 Å². The average molecular weight is 353 g/mol. The third kappa shape index (κ3) is 4.40. The minimum atomic E-state index is -0.930. The van der Waals surface area contributed by atoms with Crippen LogP contribution in [0.25, 0.3) is 11.1 Å². The minimum absolute atomic E-state index is 0.152. The van der Waals surface area contributed by atoms with Crippen molar-refractivity contribution in [2.24, 2.45) is 0 Å². The molecule has 3 rings (SSSR count). The average Bonchev–Trinajstić information content (AvgIpc) is 2.63. The molecule has 25 heavy (non-hydrogen) atoms. The van der Waals surface area contributed by atoms with Gasteiger partial charge in [0.2, 0.25) is 0 Å². The second kappa shape index (κ2) is 7.86. The highest BCUT2D eigenvalue weighted by Crippen LogP contribution is 2.35. The van der Waals surface area contributed by atoms with E-state index < -0.39 is 5.97 Å². The molecule has 0 aliphatic rings. The van der Waals surface area contributed by atoms with Crippen LogP contribution in [0.2, 0.25) is 5.02 Å². The summed E-state index contributed by atoms with van der Waals surface area (Å²) in [5.74, 6) is -0.441. The van der Waals surface area contributed by atoms with Crippen molar-refractivity contribution in [3.8, 4) is 16.9 Å². The number of aliphatic carboxylic acids is 1. The molecule has 0 amide bonds. The van der Waals surface area contributed by atoms with Gasteiger partial charge in [-0.25, -0.2) is 0 Å². The summed E-state index contributed by atoms with van der Waals surface area (Å²) < 4.78 is 5.88. The molecule has 1 N–H and O–H groups in total. The molecule has 0 aliphatic heterocycles. The molecule has 3 aromatic carbocycles. The normalized spacial score (nSPS) is 10.4. The van der Waals surface area contributed by atoms with Crippen LogP contribution >= 0.6 is 11.6 Å². The summed E-state index contributed by atoms with van der Waals surface area (Å²) in [7, 11) is 0. The summed E-state index contributed by atoms with van der Waals surface area (Å²) in [6.07, 6.45) is -0.152. The predicted octanol–water partition coefficient (Wildman–Crippen LogP) is 5.21. The van der Waals surface area contributed by atoms with E-state index in [-0.39, 0.29) is 6.42 Å². The van der Waals surface area contributed by atoms with Gasteiger partial charge in [-0.2, -0.15) is 0 Å². The van der Waals surface area contributed by atoms with Crippen molar-refractivity contribution < 1.29 is 14.6 Å². The van der Waals surface area contributed by atoms with Gasteiger partial charge in [0, 0.05) is 0 Å². The first kappa shape index (κ1) is 17.1. The van der Waals surface area contributed by atoms with E-state index in [0.29, 0.717) is 22.9 Å². The second-order valence-electron chi connectivity index (χ2n) is 5.66. The Bertz CT molecular complexity index is 861. The molecule has 0 aliphatic carbocycles. The van der Waals surface area contributed by atoms with Crippen molar-refractivity contribution in [3.63, 3.8) is 0 Å².